The Morgan fingerprint density at radius 2 is 1.50 bits per heavy atom. The standard InChI is InChI=1S/C13H8BN3O2S/c1-12-13(2,20-12)19-14(18-12)11-9(6-16)3-8(5-15)4-10(11)7-17/h3-4H,1-2H3. The van der Waals surface area contributed by atoms with Crippen LogP contribution >= 0.6 is 11.8 Å². The number of rotatable bonds is 1. The van der Waals surface area contributed by atoms with E-state index in [9.17, 15) is 10.5 Å². The van der Waals surface area contributed by atoms with Crippen LogP contribution in [0.2, 0.25) is 0 Å². The molecule has 1 aromatic rings. The molecule has 2 saturated heterocycles. The molecule has 7 heteroatoms. The number of hydrogen-bond acceptors (Lipinski definition) is 6. The Kier molecular flexibility index (Phi) is 2.61. The van der Waals surface area contributed by atoms with Crippen LogP contribution in [0.15, 0.2) is 12.1 Å². The topological polar surface area (TPSA) is 89.8 Å². The molecule has 2 aliphatic rings. The predicted octanol–water partition coefficient (Wildman–Crippen LogP) is 1.22. The van der Waals surface area contributed by atoms with Gasteiger partial charge in [0, 0.05) is 5.46 Å². The zero-order valence-electron chi connectivity index (χ0n) is 10.8. The number of thioether (sulfide) groups is 1. The van der Waals surface area contributed by atoms with E-state index in [0.717, 1.165) is 0 Å². The molecule has 2 aliphatic heterocycles. The Morgan fingerprint density at radius 1 is 1.00 bits per heavy atom. The van der Waals surface area contributed by atoms with Gasteiger partial charge < -0.3 is 9.31 Å². The molecule has 0 amide bonds. The molecular formula is C13H8BN3O2S. The summed E-state index contributed by atoms with van der Waals surface area (Å²) in [5.74, 6) is 0. The van der Waals surface area contributed by atoms with Crippen molar-refractivity contribution in [1.82, 2.24) is 0 Å². The van der Waals surface area contributed by atoms with Crippen LogP contribution in [0.4, 0.5) is 0 Å². The molecule has 20 heavy (non-hydrogen) atoms. The Bertz CT molecular complexity index is 696. The summed E-state index contributed by atoms with van der Waals surface area (Å²) in [4.78, 5) is -0.879. The molecule has 0 aromatic heterocycles. The SMILES string of the molecule is CC12OB(c3c(C#N)cc(C#N)cc3C#N)OC1(C)S2. The lowest BCUT2D eigenvalue weighted by atomic mass is 9.73. The average molecular weight is 281 g/mol. The minimum Gasteiger partial charge on any atom is -0.389 e. The number of nitriles is 3. The lowest BCUT2D eigenvalue weighted by Gasteiger charge is -2.13. The normalized spacial score (nSPS) is 30.1. The van der Waals surface area contributed by atoms with Crippen molar-refractivity contribution < 1.29 is 9.31 Å². The molecule has 2 heterocycles. The van der Waals surface area contributed by atoms with Gasteiger partial charge in [-0.25, -0.2) is 0 Å². The maximum atomic E-state index is 9.24. The van der Waals surface area contributed by atoms with Crippen molar-refractivity contribution in [1.29, 1.82) is 15.8 Å². The van der Waals surface area contributed by atoms with Gasteiger partial charge in [-0.05, 0) is 26.0 Å². The Labute approximate surface area is 120 Å². The van der Waals surface area contributed by atoms with Gasteiger partial charge in [0.25, 0.3) is 0 Å². The fraction of sp³-hybridized carbons (Fsp3) is 0.308. The van der Waals surface area contributed by atoms with E-state index in [1.807, 2.05) is 32.1 Å². The van der Waals surface area contributed by atoms with Crippen molar-refractivity contribution in [3.8, 4) is 18.2 Å². The highest BCUT2D eigenvalue weighted by Gasteiger charge is 2.73. The van der Waals surface area contributed by atoms with E-state index >= 15 is 0 Å². The van der Waals surface area contributed by atoms with E-state index < -0.39 is 17.0 Å². The highest BCUT2D eigenvalue weighted by molar-refractivity contribution is 8.09. The quantitative estimate of drug-likeness (QED) is 0.568. The van der Waals surface area contributed by atoms with Gasteiger partial charge in [-0.15, -0.1) is 0 Å². The molecular weight excluding hydrogens is 273 g/mol. The van der Waals surface area contributed by atoms with Crippen LogP contribution in [0.3, 0.4) is 0 Å². The van der Waals surface area contributed by atoms with Gasteiger partial charge in [0.2, 0.25) is 0 Å². The minimum atomic E-state index is -0.747. The van der Waals surface area contributed by atoms with Gasteiger partial charge in [0.15, 0.2) is 0 Å². The van der Waals surface area contributed by atoms with E-state index in [1.54, 1.807) is 11.8 Å². The fourth-order valence-corrected chi connectivity index (χ4v) is 3.37. The van der Waals surface area contributed by atoms with Crippen LogP contribution in [0.1, 0.15) is 30.5 Å². The van der Waals surface area contributed by atoms with Crippen LogP contribution < -0.4 is 5.46 Å². The van der Waals surface area contributed by atoms with Crippen molar-refractivity contribution in [2.24, 2.45) is 0 Å². The van der Waals surface area contributed by atoms with Gasteiger partial charge in [-0.1, -0.05) is 11.8 Å². The van der Waals surface area contributed by atoms with Crippen molar-refractivity contribution in [3.05, 3.63) is 28.8 Å². The summed E-state index contributed by atoms with van der Waals surface area (Å²) in [5, 5.41) is 27.4. The summed E-state index contributed by atoms with van der Waals surface area (Å²) in [6, 6.07) is 8.85. The van der Waals surface area contributed by atoms with E-state index in [-0.39, 0.29) is 16.7 Å². The number of hydrogen-bond donors (Lipinski definition) is 0. The zero-order valence-corrected chi connectivity index (χ0v) is 11.6. The third-order valence-corrected chi connectivity index (χ3v) is 5.17. The second-order valence-electron chi connectivity index (χ2n) is 4.88. The molecule has 0 spiro atoms. The van der Waals surface area contributed by atoms with Crippen LogP contribution in [-0.4, -0.2) is 17.0 Å². The summed E-state index contributed by atoms with van der Waals surface area (Å²) < 4.78 is 11.7. The molecule has 2 unspecified atom stereocenters. The van der Waals surface area contributed by atoms with E-state index in [4.69, 9.17) is 14.6 Å². The van der Waals surface area contributed by atoms with Crippen LogP contribution in [0.5, 0.6) is 0 Å². The first-order valence-corrected chi connectivity index (χ1v) is 6.72. The highest BCUT2D eigenvalue weighted by Crippen LogP contribution is 2.68. The maximum absolute atomic E-state index is 9.24. The van der Waals surface area contributed by atoms with Crippen molar-refractivity contribution in [2.45, 2.75) is 23.7 Å². The summed E-state index contributed by atoms with van der Waals surface area (Å²) in [7, 11) is -0.747. The van der Waals surface area contributed by atoms with Crippen molar-refractivity contribution in [2.75, 3.05) is 0 Å². The van der Waals surface area contributed by atoms with Gasteiger partial charge in [0.05, 0.1) is 34.9 Å². The van der Waals surface area contributed by atoms with Crippen LogP contribution in [0.25, 0.3) is 0 Å². The molecule has 0 bridgehead atoms. The summed E-state index contributed by atoms with van der Waals surface area (Å²) >= 11 is 1.55. The molecule has 0 aliphatic carbocycles. The minimum absolute atomic E-state index is 0.240. The largest absolute Gasteiger partial charge is 0.498 e. The second-order valence-corrected chi connectivity index (χ2v) is 6.64. The van der Waals surface area contributed by atoms with E-state index in [1.165, 1.54) is 12.1 Å². The molecule has 2 atom stereocenters. The zero-order chi connectivity index (χ0) is 14.5. The molecule has 0 radical (unpaired) electrons. The maximum Gasteiger partial charge on any atom is 0.498 e. The van der Waals surface area contributed by atoms with Gasteiger partial charge in [-0.2, -0.15) is 15.8 Å². The first-order chi connectivity index (χ1) is 9.46. The highest BCUT2D eigenvalue weighted by atomic mass is 32.2. The Balaban J connectivity index is 2.09. The third kappa shape index (κ3) is 1.64. The van der Waals surface area contributed by atoms with Crippen LogP contribution in [0, 0.1) is 34.0 Å². The second kappa shape index (κ2) is 4.01. The Morgan fingerprint density at radius 3 is 1.90 bits per heavy atom. The number of benzene rings is 1. The first-order valence-electron chi connectivity index (χ1n) is 5.90. The monoisotopic (exact) mass is 281 g/mol. The lowest BCUT2D eigenvalue weighted by molar-refractivity contribution is 0.187. The van der Waals surface area contributed by atoms with E-state index in [0.29, 0.717) is 5.46 Å². The van der Waals surface area contributed by atoms with Gasteiger partial charge in [-0.3, -0.25) is 0 Å². The predicted molar refractivity (Wildman–Crippen MR) is 72.5 cm³/mol. The summed E-state index contributed by atoms with van der Waals surface area (Å²) in [6.45, 7) is 3.83. The van der Waals surface area contributed by atoms with Crippen LogP contribution in [-0.2, 0) is 9.31 Å². The van der Waals surface area contributed by atoms with Gasteiger partial charge in [0.1, 0.15) is 9.87 Å². The molecule has 3 rings (SSSR count). The van der Waals surface area contributed by atoms with Crippen molar-refractivity contribution in [3.63, 3.8) is 0 Å². The smallest absolute Gasteiger partial charge is 0.389 e. The fourth-order valence-electron chi connectivity index (χ4n) is 2.32. The molecule has 1 aromatic carbocycles. The third-order valence-electron chi connectivity index (χ3n) is 3.62. The van der Waals surface area contributed by atoms with E-state index in [2.05, 4.69) is 0 Å². The average Bonchev–Trinajstić information content (AvgIpc) is 2.86. The summed E-state index contributed by atoms with van der Waals surface area (Å²) in [6.07, 6.45) is 0. The molecule has 5 nitrogen and oxygen atoms in total. The molecule has 2 fully saturated rings. The molecule has 0 N–H and O–H groups in total. The number of fused-ring (bicyclic) bond motifs is 1. The summed E-state index contributed by atoms with van der Waals surface area (Å²) in [5.41, 5.74) is 1.16. The molecule has 0 saturated carbocycles. The lowest BCUT2D eigenvalue weighted by Crippen LogP contribution is -2.39. The molecule has 96 valence electrons. The van der Waals surface area contributed by atoms with Crippen molar-refractivity contribution >= 4 is 24.3 Å². The van der Waals surface area contributed by atoms with Gasteiger partial charge >= 0.3 is 7.12 Å². The first kappa shape index (κ1) is 13.0. The number of nitrogens with zero attached hydrogens (tertiary/aromatic N) is 3. The Hall–Kier alpha value is -1.98.